The lowest BCUT2D eigenvalue weighted by Gasteiger charge is -2.43. The number of methoxy groups -OCH3 is 1. The smallest absolute Gasteiger partial charge is 0.336 e. The third-order valence-electron chi connectivity index (χ3n) is 10.4. The van der Waals surface area contributed by atoms with Gasteiger partial charge in [0.05, 0.1) is 12.2 Å². The quantitative estimate of drug-likeness (QED) is 0.0671. The molecule has 0 saturated heterocycles. The van der Waals surface area contributed by atoms with Crippen molar-refractivity contribution in [3.63, 3.8) is 0 Å². The summed E-state index contributed by atoms with van der Waals surface area (Å²) in [5, 5.41) is 12.1. The Kier molecular flexibility index (Phi) is 16.1. The second kappa shape index (κ2) is 18.5. The van der Waals surface area contributed by atoms with Crippen molar-refractivity contribution in [3.05, 3.63) is 76.2 Å². The van der Waals surface area contributed by atoms with E-state index in [1.807, 2.05) is 31.3 Å². The number of aliphatic hydroxyl groups excluding tert-OH is 1. The van der Waals surface area contributed by atoms with Crippen molar-refractivity contribution < 1.29 is 23.8 Å². The van der Waals surface area contributed by atoms with Gasteiger partial charge in [0.1, 0.15) is 12.4 Å². The van der Waals surface area contributed by atoms with Crippen molar-refractivity contribution in [2.45, 2.75) is 112 Å². The second-order valence-corrected chi connectivity index (χ2v) is 19.7. The van der Waals surface area contributed by atoms with Gasteiger partial charge in [-0.05, 0) is 85.8 Å². The highest BCUT2D eigenvalue weighted by molar-refractivity contribution is 6.72. The molecule has 0 amide bonds. The number of hydrogen-bond donors (Lipinski definition) is 2. The van der Waals surface area contributed by atoms with E-state index in [1.165, 1.54) is 11.6 Å². The largest absolute Gasteiger partial charge is 0.432 e. The van der Waals surface area contributed by atoms with Crippen LogP contribution < -0.4 is 5.63 Å². The average Bonchev–Trinajstić information content (AvgIpc) is 3.00. The summed E-state index contributed by atoms with van der Waals surface area (Å²) >= 11 is 0. The van der Waals surface area contributed by atoms with Crippen molar-refractivity contribution in [2.24, 2.45) is 35.5 Å². The molecule has 1 aromatic heterocycles. The number of benzene rings is 1. The third kappa shape index (κ3) is 12.3. The van der Waals surface area contributed by atoms with E-state index in [-0.39, 0.29) is 53.2 Å². The molecule has 0 aliphatic heterocycles. The lowest BCUT2D eigenvalue weighted by Crippen LogP contribution is -2.43. The molecule has 264 valence electrons. The molecular weight excluding hydrogens is 605 g/mol. The van der Waals surface area contributed by atoms with Gasteiger partial charge in [-0.3, -0.25) is 0 Å². The van der Waals surface area contributed by atoms with Gasteiger partial charge in [0.2, 0.25) is 0 Å². The average molecular weight is 669 g/mol. The first-order chi connectivity index (χ1) is 21.9. The molecule has 47 heavy (non-hydrogen) atoms. The molecule has 0 aliphatic carbocycles. The summed E-state index contributed by atoms with van der Waals surface area (Å²) in [4.78, 5) is 22.7. The summed E-state index contributed by atoms with van der Waals surface area (Å²) in [6.45, 7) is 24.0. The van der Waals surface area contributed by atoms with Gasteiger partial charge in [0.15, 0.2) is 8.32 Å². The highest BCUT2D eigenvalue weighted by atomic mass is 28.4. The Labute approximate surface area is 286 Å². The monoisotopic (exact) mass is 668 g/mol. The summed E-state index contributed by atoms with van der Waals surface area (Å²) in [6, 6.07) is 9.02. The molecule has 1 heterocycles. The minimum atomic E-state index is -2.44. The van der Waals surface area contributed by atoms with Crippen LogP contribution in [0, 0.1) is 35.5 Å². The summed E-state index contributed by atoms with van der Waals surface area (Å²) in [5.41, 5.74) is 2.55. The number of rotatable bonds is 19. The van der Waals surface area contributed by atoms with Crippen LogP contribution in [0.3, 0.4) is 0 Å². The maximum absolute atomic E-state index is 11.6. The molecule has 8 atom stereocenters. The molecule has 0 bridgehead atoms. The molecule has 2 rings (SSSR count). The Bertz CT molecular complexity index is 1380. The zero-order valence-corrected chi connectivity index (χ0v) is 32.2. The molecule has 1 aromatic carbocycles. The van der Waals surface area contributed by atoms with Crippen molar-refractivity contribution in [3.8, 4) is 0 Å². The fourth-order valence-electron chi connectivity index (χ4n) is 6.71. The molecular formula is C40H64O6Si. The van der Waals surface area contributed by atoms with Gasteiger partial charge in [0, 0.05) is 36.3 Å². The van der Waals surface area contributed by atoms with Crippen LogP contribution in [-0.2, 0) is 9.47 Å². The molecule has 0 spiro atoms. The number of fused-ring (bicyclic) bond motifs is 1. The van der Waals surface area contributed by atoms with Crippen LogP contribution in [0.2, 0.25) is 18.1 Å². The molecule has 0 radical (unpaired) electrons. The summed E-state index contributed by atoms with van der Waals surface area (Å²) in [5.74, 6) is 0.938. The zero-order valence-electron chi connectivity index (χ0n) is 31.2. The van der Waals surface area contributed by atoms with Gasteiger partial charge < -0.3 is 23.8 Å². The number of ether oxygens (including phenoxy) is 2. The Morgan fingerprint density at radius 1 is 1.02 bits per heavy atom. The molecule has 2 aromatic rings. The lowest BCUT2D eigenvalue weighted by molar-refractivity contribution is -0.0947. The molecule has 2 unspecified atom stereocenters. The van der Waals surface area contributed by atoms with E-state index >= 15 is 0 Å². The molecule has 0 fully saturated rings. The lowest BCUT2D eigenvalue weighted by atomic mass is 9.71. The van der Waals surface area contributed by atoms with E-state index in [2.05, 4.69) is 92.7 Å². The van der Waals surface area contributed by atoms with Crippen LogP contribution in [0.5, 0.6) is 0 Å². The van der Waals surface area contributed by atoms with E-state index in [1.54, 1.807) is 13.2 Å². The third-order valence-corrected chi connectivity index (χ3v) is 13.9. The maximum atomic E-state index is 11.6. The molecule has 0 aliphatic rings. The van der Waals surface area contributed by atoms with E-state index < -0.39 is 14.4 Å². The van der Waals surface area contributed by atoms with Gasteiger partial charge in [-0.1, -0.05) is 97.4 Å². The number of hydrogen-bond acceptors (Lipinski definition) is 6. The van der Waals surface area contributed by atoms with Gasteiger partial charge in [-0.15, -0.1) is 0 Å². The summed E-state index contributed by atoms with van der Waals surface area (Å²) in [7, 11) is -0.796. The highest BCUT2D eigenvalue weighted by Crippen LogP contribution is 2.47. The first-order valence-electron chi connectivity index (χ1n) is 17.5. The van der Waals surface area contributed by atoms with Gasteiger partial charge in [-0.2, -0.15) is 0 Å². The minimum absolute atomic E-state index is 0.0716. The van der Waals surface area contributed by atoms with Crippen LogP contribution in [0.1, 0.15) is 87.1 Å². The second-order valence-electron chi connectivity index (χ2n) is 15.2. The molecule has 7 heteroatoms. The van der Waals surface area contributed by atoms with Crippen LogP contribution >= 0.6 is 0 Å². The van der Waals surface area contributed by atoms with Crippen molar-refractivity contribution >= 4 is 25.4 Å². The van der Waals surface area contributed by atoms with E-state index in [0.717, 1.165) is 30.2 Å². The fourth-order valence-corrected chi connectivity index (χ4v) is 7.44. The van der Waals surface area contributed by atoms with Gasteiger partial charge in [0.25, 0.3) is 0 Å². The molecule has 2 N–H and O–H groups in total. The molecule has 6 nitrogen and oxygen atoms in total. The summed E-state index contributed by atoms with van der Waals surface area (Å²) < 4.78 is 16.8. The number of aliphatic hydroxyl groups is 1. The van der Waals surface area contributed by atoms with E-state index in [9.17, 15) is 14.7 Å². The Morgan fingerprint density at radius 2 is 1.70 bits per heavy atom. The SMILES string of the molecule is CC/C=C\C(C)[C@H](O)[C@@H](C)[C@H](CC(C)(C)[Si](C)(C)O)[C@@H](C)C/C(C)=C\[C@H](C)[C@@H](OCOC)C(C)/C=C\c1ccc2oc(=O)ccc2c1. The summed E-state index contributed by atoms with van der Waals surface area (Å²) in [6.07, 6.45) is 13.1. The topological polar surface area (TPSA) is 89.1 Å². The van der Waals surface area contributed by atoms with Crippen molar-refractivity contribution in [2.75, 3.05) is 13.9 Å². The van der Waals surface area contributed by atoms with Gasteiger partial charge >= 0.3 is 5.63 Å². The normalized spacial score (nSPS) is 18.7. The van der Waals surface area contributed by atoms with Crippen molar-refractivity contribution in [1.82, 2.24) is 0 Å². The Morgan fingerprint density at radius 3 is 2.32 bits per heavy atom. The van der Waals surface area contributed by atoms with E-state index in [0.29, 0.717) is 11.5 Å². The first kappa shape index (κ1) is 40.9. The zero-order chi connectivity index (χ0) is 35.5. The fraction of sp³-hybridized carbons (Fsp3) is 0.625. The predicted molar refractivity (Wildman–Crippen MR) is 200 cm³/mol. The highest BCUT2D eigenvalue weighted by Gasteiger charge is 2.43. The predicted octanol–water partition coefficient (Wildman–Crippen LogP) is 9.62. The Hall–Kier alpha value is -2.29. The minimum Gasteiger partial charge on any atom is -0.432 e. The van der Waals surface area contributed by atoms with Crippen molar-refractivity contribution in [1.29, 1.82) is 0 Å². The van der Waals surface area contributed by atoms with Crippen LogP contribution in [0.15, 0.2) is 69.4 Å². The van der Waals surface area contributed by atoms with Gasteiger partial charge in [-0.25, -0.2) is 4.79 Å². The maximum Gasteiger partial charge on any atom is 0.336 e. The first-order valence-corrected chi connectivity index (χ1v) is 20.4. The van der Waals surface area contributed by atoms with E-state index in [4.69, 9.17) is 13.9 Å². The Balaban J connectivity index is 2.28. The van der Waals surface area contributed by atoms with Crippen LogP contribution in [0.25, 0.3) is 17.0 Å². The molecule has 0 saturated carbocycles. The van der Waals surface area contributed by atoms with Crippen LogP contribution in [-0.4, -0.2) is 44.3 Å². The number of allylic oxidation sites excluding steroid dienone is 2. The standard InChI is InChI=1S/C40H64O6Si/c1-13-14-15-28(3)38(42)32(7)35(25-40(8,9)47(11,12)43)30(5)22-27(2)23-31(6)39(45-26-44-10)29(4)16-17-33-18-20-36-34(24-33)19-21-37(41)46-36/h14-21,23-24,28-32,35,38-39,42-43H,13,22,25-26H2,1-12H3/b15-14-,17-16-,27-23-/t28?,29?,30-,31-,32-,35+,38-,39-/m0/s1. The van der Waals surface area contributed by atoms with Crippen LogP contribution in [0.4, 0.5) is 0 Å².